The molecule has 3 aromatic rings. The summed E-state index contributed by atoms with van der Waals surface area (Å²) in [6.07, 6.45) is 6.01. The molecule has 0 unspecified atom stereocenters. The Labute approximate surface area is 110 Å². The van der Waals surface area contributed by atoms with E-state index in [1.54, 1.807) is 12.5 Å². The van der Waals surface area contributed by atoms with Crippen LogP contribution in [0.1, 0.15) is 28.9 Å². The Hall–Kier alpha value is -2.29. The molecule has 3 heteroatoms. The van der Waals surface area contributed by atoms with Gasteiger partial charge in [0.2, 0.25) is 0 Å². The third kappa shape index (κ3) is 1.55. The van der Waals surface area contributed by atoms with Crippen LogP contribution in [0.25, 0.3) is 22.0 Å². The number of hydrogen-bond donors (Lipinski definition) is 1. The number of aromatic nitrogens is 1. The van der Waals surface area contributed by atoms with E-state index in [1.807, 2.05) is 12.1 Å². The molecule has 0 atom stereocenters. The number of Topliss-reactive ketones (excluding diaryl/α,β-unsaturated/α-hetero) is 1. The summed E-state index contributed by atoms with van der Waals surface area (Å²) in [5.41, 5.74) is 5.23. The number of aromatic amines is 1. The Morgan fingerprint density at radius 2 is 2.05 bits per heavy atom. The van der Waals surface area contributed by atoms with Crippen LogP contribution in [0.15, 0.2) is 41.2 Å². The molecule has 1 N–H and O–H groups in total. The molecule has 2 aromatic heterocycles. The van der Waals surface area contributed by atoms with Crippen molar-refractivity contribution in [1.29, 1.82) is 0 Å². The minimum atomic E-state index is 0.238. The summed E-state index contributed by atoms with van der Waals surface area (Å²) in [6, 6.07) is 8.20. The summed E-state index contributed by atoms with van der Waals surface area (Å²) in [5.74, 6) is 0.238. The third-order valence-corrected chi connectivity index (χ3v) is 3.87. The van der Waals surface area contributed by atoms with E-state index < -0.39 is 0 Å². The molecule has 0 fully saturated rings. The molecule has 19 heavy (non-hydrogen) atoms. The van der Waals surface area contributed by atoms with E-state index in [0.717, 1.165) is 35.2 Å². The van der Waals surface area contributed by atoms with Gasteiger partial charge in [-0.15, -0.1) is 0 Å². The fraction of sp³-hybridized carbons (Fsp3) is 0.188. The van der Waals surface area contributed by atoms with Gasteiger partial charge < -0.3 is 9.40 Å². The number of carbonyl (C=O) groups is 1. The number of aryl methyl sites for hydroxylation is 1. The highest BCUT2D eigenvalue weighted by Gasteiger charge is 2.21. The van der Waals surface area contributed by atoms with Gasteiger partial charge in [0.15, 0.2) is 5.78 Å². The van der Waals surface area contributed by atoms with E-state index in [2.05, 4.69) is 17.1 Å². The highest BCUT2D eigenvalue weighted by molar-refractivity contribution is 6.04. The molecule has 0 bridgehead atoms. The number of rotatable bonds is 1. The molecule has 94 valence electrons. The normalized spacial score (nSPS) is 14.8. The number of furan rings is 1. The minimum absolute atomic E-state index is 0.238. The highest BCUT2D eigenvalue weighted by Crippen LogP contribution is 2.32. The first-order chi connectivity index (χ1) is 9.33. The smallest absolute Gasteiger partial charge is 0.179 e. The first kappa shape index (κ1) is 10.6. The van der Waals surface area contributed by atoms with Gasteiger partial charge in [-0.25, -0.2) is 0 Å². The van der Waals surface area contributed by atoms with Crippen molar-refractivity contribution < 1.29 is 9.21 Å². The number of carbonyl (C=O) groups excluding carboxylic acids is 1. The Morgan fingerprint density at radius 1 is 1.11 bits per heavy atom. The number of hydrogen-bond acceptors (Lipinski definition) is 2. The van der Waals surface area contributed by atoms with Crippen molar-refractivity contribution in [3.8, 4) is 11.1 Å². The van der Waals surface area contributed by atoms with E-state index in [4.69, 9.17) is 4.42 Å². The van der Waals surface area contributed by atoms with Gasteiger partial charge in [-0.05, 0) is 42.2 Å². The largest absolute Gasteiger partial charge is 0.472 e. The molecule has 0 spiro atoms. The van der Waals surface area contributed by atoms with Crippen LogP contribution >= 0.6 is 0 Å². The van der Waals surface area contributed by atoms with Crippen molar-refractivity contribution in [1.82, 2.24) is 4.98 Å². The van der Waals surface area contributed by atoms with Gasteiger partial charge in [0.05, 0.1) is 18.2 Å². The van der Waals surface area contributed by atoms with Crippen LogP contribution in [-0.2, 0) is 6.42 Å². The summed E-state index contributed by atoms with van der Waals surface area (Å²) in [7, 11) is 0. The second-order valence-corrected chi connectivity index (χ2v) is 5.03. The van der Waals surface area contributed by atoms with Gasteiger partial charge in [0.25, 0.3) is 0 Å². The van der Waals surface area contributed by atoms with Crippen molar-refractivity contribution in [3.05, 3.63) is 48.0 Å². The van der Waals surface area contributed by atoms with Gasteiger partial charge in [0.1, 0.15) is 0 Å². The summed E-state index contributed by atoms with van der Waals surface area (Å²) in [6.45, 7) is 0. The van der Waals surface area contributed by atoms with Crippen molar-refractivity contribution in [2.75, 3.05) is 0 Å². The fourth-order valence-electron chi connectivity index (χ4n) is 2.90. The van der Waals surface area contributed by atoms with Crippen LogP contribution in [0, 0.1) is 0 Å². The van der Waals surface area contributed by atoms with Crippen molar-refractivity contribution >= 4 is 16.7 Å². The molecule has 0 saturated heterocycles. The number of H-pyrrole nitrogens is 1. The predicted octanol–water partition coefficient (Wildman–Crippen LogP) is 3.95. The van der Waals surface area contributed by atoms with Crippen LogP contribution < -0.4 is 0 Å². The summed E-state index contributed by atoms with van der Waals surface area (Å²) in [4.78, 5) is 15.2. The topological polar surface area (TPSA) is 46.0 Å². The lowest BCUT2D eigenvalue weighted by Crippen LogP contribution is -2.09. The van der Waals surface area contributed by atoms with Gasteiger partial charge >= 0.3 is 0 Å². The van der Waals surface area contributed by atoms with Gasteiger partial charge in [0, 0.05) is 22.9 Å². The Kier molecular flexibility index (Phi) is 2.15. The SMILES string of the molecule is O=C1CCCc2c1[nH]c1ccc(-c3ccoc3)cc21. The molecule has 1 aromatic carbocycles. The van der Waals surface area contributed by atoms with Crippen LogP contribution in [0.3, 0.4) is 0 Å². The van der Waals surface area contributed by atoms with E-state index in [9.17, 15) is 4.79 Å². The second-order valence-electron chi connectivity index (χ2n) is 5.03. The lowest BCUT2D eigenvalue weighted by Gasteiger charge is -2.09. The maximum absolute atomic E-state index is 11.9. The Bertz CT molecular complexity index is 766. The molecular formula is C16H13NO2. The van der Waals surface area contributed by atoms with E-state index in [-0.39, 0.29) is 5.78 Å². The molecule has 0 saturated carbocycles. The summed E-state index contributed by atoms with van der Waals surface area (Å²) < 4.78 is 5.13. The lowest BCUT2D eigenvalue weighted by atomic mass is 9.94. The van der Waals surface area contributed by atoms with Crippen molar-refractivity contribution in [2.24, 2.45) is 0 Å². The fourth-order valence-corrected chi connectivity index (χ4v) is 2.90. The number of fused-ring (bicyclic) bond motifs is 3. The standard InChI is InChI=1S/C16H13NO2/c18-15-3-1-2-12-13-8-10(11-6-7-19-9-11)4-5-14(13)17-16(12)15/h4-9,17H,1-3H2. The molecular weight excluding hydrogens is 238 g/mol. The first-order valence-corrected chi connectivity index (χ1v) is 6.53. The lowest BCUT2D eigenvalue weighted by molar-refractivity contribution is 0.0968. The maximum atomic E-state index is 11.9. The average Bonchev–Trinajstić information content (AvgIpc) is 3.05. The predicted molar refractivity (Wildman–Crippen MR) is 73.3 cm³/mol. The number of benzene rings is 1. The molecule has 0 radical (unpaired) electrons. The molecule has 3 nitrogen and oxygen atoms in total. The van der Waals surface area contributed by atoms with Gasteiger partial charge in [-0.1, -0.05) is 6.07 Å². The molecule has 0 amide bonds. The van der Waals surface area contributed by atoms with Crippen LogP contribution in [0.5, 0.6) is 0 Å². The average molecular weight is 251 g/mol. The second kappa shape index (κ2) is 3.85. The zero-order valence-corrected chi connectivity index (χ0v) is 10.4. The first-order valence-electron chi connectivity index (χ1n) is 6.53. The quantitative estimate of drug-likeness (QED) is 0.711. The molecule has 1 aliphatic rings. The van der Waals surface area contributed by atoms with E-state index in [0.29, 0.717) is 6.42 Å². The van der Waals surface area contributed by atoms with E-state index in [1.165, 1.54) is 10.9 Å². The van der Waals surface area contributed by atoms with Crippen LogP contribution in [0.2, 0.25) is 0 Å². The van der Waals surface area contributed by atoms with Crippen molar-refractivity contribution in [2.45, 2.75) is 19.3 Å². The molecule has 0 aliphatic heterocycles. The minimum Gasteiger partial charge on any atom is -0.472 e. The van der Waals surface area contributed by atoms with Crippen LogP contribution in [-0.4, -0.2) is 10.8 Å². The third-order valence-electron chi connectivity index (χ3n) is 3.87. The number of ketones is 1. The Balaban J connectivity index is 1.96. The van der Waals surface area contributed by atoms with Crippen LogP contribution in [0.4, 0.5) is 0 Å². The zero-order chi connectivity index (χ0) is 12.8. The molecule has 4 rings (SSSR count). The molecule has 1 aliphatic carbocycles. The van der Waals surface area contributed by atoms with Gasteiger partial charge in [-0.2, -0.15) is 0 Å². The van der Waals surface area contributed by atoms with E-state index >= 15 is 0 Å². The van der Waals surface area contributed by atoms with Gasteiger partial charge in [-0.3, -0.25) is 4.79 Å². The van der Waals surface area contributed by atoms with Crippen molar-refractivity contribution in [3.63, 3.8) is 0 Å². The summed E-state index contributed by atoms with van der Waals surface area (Å²) in [5, 5.41) is 1.17. The maximum Gasteiger partial charge on any atom is 0.179 e. The number of nitrogens with one attached hydrogen (secondary N) is 1. The Morgan fingerprint density at radius 3 is 2.89 bits per heavy atom. The zero-order valence-electron chi connectivity index (χ0n) is 10.4. The summed E-state index contributed by atoms with van der Waals surface area (Å²) >= 11 is 0. The highest BCUT2D eigenvalue weighted by atomic mass is 16.3. The monoisotopic (exact) mass is 251 g/mol. The molecule has 2 heterocycles.